The van der Waals surface area contributed by atoms with E-state index in [1.165, 1.54) is 6.07 Å². The van der Waals surface area contributed by atoms with Gasteiger partial charge in [0.05, 0.1) is 11.3 Å². The van der Waals surface area contributed by atoms with Crippen LogP contribution in [0.3, 0.4) is 0 Å². The van der Waals surface area contributed by atoms with Gasteiger partial charge in [0.25, 0.3) is 0 Å². The summed E-state index contributed by atoms with van der Waals surface area (Å²) in [7, 11) is 0. The Kier molecular flexibility index (Phi) is 4.31. The standard InChI is InChI=1S/C13H13N3O3S/c14-12(17)7-9-3-1-2-4-11(9)15-8-10-5-6-13(20-10)16(18)19/h1-6,15H,7-8H2,(H2,14,17). The smallest absolute Gasteiger partial charge is 0.324 e. The highest BCUT2D eigenvalue weighted by atomic mass is 32.1. The number of rotatable bonds is 6. The molecule has 2 rings (SSSR count). The number of anilines is 1. The first-order valence-corrected chi connectivity index (χ1v) is 6.71. The average molecular weight is 291 g/mol. The summed E-state index contributed by atoms with van der Waals surface area (Å²) in [6, 6.07) is 10.6. The van der Waals surface area contributed by atoms with Crippen molar-refractivity contribution in [3.05, 3.63) is 57.0 Å². The summed E-state index contributed by atoms with van der Waals surface area (Å²) in [5.74, 6) is -0.397. The van der Waals surface area contributed by atoms with Gasteiger partial charge >= 0.3 is 5.00 Å². The molecule has 0 atom stereocenters. The molecule has 104 valence electrons. The molecule has 0 saturated heterocycles. The van der Waals surface area contributed by atoms with Crippen LogP contribution in [0.4, 0.5) is 10.7 Å². The normalized spacial score (nSPS) is 10.2. The topological polar surface area (TPSA) is 98.3 Å². The van der Waals surface area contributed by atoms with Crippen LogP contribution in [0.1, 0.15) is 10.4 Å². The molecular formula is C13H13N3O3S. The Labute approximate surface area is 119 Å². The zero-order valence-corrected chi connectivity index (χ0v) is 11.4. The van der Waals surface area contributed by atoms with Crippen LogP contribution in [-0.2, 0) is 17.8 Å². The number of benzene rings is 1. The third-order valence-electron chi connectivity index (χ3n) is 2.66. The molecule has 3 N–H and O–H groups in total. The minimum atomic E-state index is -0.408. The summed E-state index contributed by atoms with van der Waals surface area (Å²) in [6.07, 6.45) is 0.160. The molecule has 0 aliphatic heterocycles. The van der Waals surface area contributed by atoms with Crippen molar-refractivity contribution < 1.29 is 9.72 Å². The number of hydrogen-bond acceptors (Lipinski definition) is 5. The maximum Gasteiger partial charge on any atom is 0.324 e. The molecule has 0 bridgehead atoms. The SMILES string of the molecule is NC(=O)Cc1ccccc1NCc1ccc([N+](=O)[O-])s1. The van der Waals surface area contributed by atoms with Crippen molar-refractivity contribution in [2.24, 2.45) is 5.73 Å². The summed E-state index contributed by atoms with van der Waals surface area (Å²) in [6.45, 7) is 0.467. The largest absolute Gasteiger partial charge is 0.380 e. The second-order valence-electron chi connectivity index (χ2n) is 4.15. The molecular weight excluding hydrogens is 278 g/mol. The molecule has 7 heteroatoms. The lowest BCUT2D eigenvalue weighted by molar-refractivity contribution is -0.380. The van der Waals surface area contributed by atoms with Crippen LogP contribution in [0.25, 0.3) is 0 Å². The van der Waals surface area contributed by atoms with E-state index < -0.39 is 10.8 Å². The van der Waals surface area contributed by atoms with Gasteiger partial charge in [-0.2, -0.15) is 0 Å². The number of nitrogens with one attached hydrogen (secondary N) is 1. The molecule has 0 fully saturated rings. The predicted octanol–water partition coefficient (Wildman–Crippen LogP) is 2.30. The lowest BCUT2D eigenvalue weighted by atomic mass is 10.1. The van der Waals surface area contributed by atoms with E-state index in [0.717, 1.165) is 27.5 Å². The molecule has 0 aliphatic rings. The van der Waals surface area contributed by atoms with Crippen molar-refractivity contribution >= 4 is 27.9 Å². The van der Waals surface area contributed by atoms with Gasteiger partial charge in [-0.3, -0.25) is 14.9 Å². The van der Waals surface area contributed by atoms with E-state index in [1.807, 2.05) is 24.3 Å². The highest BCUT2D eigenvalue weighted by molar-refractivity contribution is 7.15. The Bertz CT molecular complexity index is 639. The lowest BCUT2D eigenvalue weighted by Gasteiger charge is -2.09. The minimum absolute atomic E-state index is 0.118. The van der Waals surface area contributed by atoms with Crippen molar-refractivity contribution in [1.29, 1.82) is 0 Å². The molecule has 0 radical (unpaired) electrons. The van der Waals surface area contributed by atoms with Crippen LogP contribution in [0.5, 0.6) is 0 Å². The van der Waals surface area contributed by atoms with E-state index in [9.17, 15) is 14.9 Å². The Balaban J connectivity index is 2.06. The predicted molar refractivity (Wildman–Crippen MR) is 77.6 cm³/mol. The summed E-state index contributed by atoms with van der Waals surface area (Å²) < 4.78 is 0. The van der Waals surface area contributed by atoms with Gasteiger partial charge in [-0.1, -0.05) is 29.5 Å². The van der Waals surface area contributed by atoms with Crippen LogP contribution >= 0.6 is 11.3 Å². The monoisotopic (exact) mass is 291 g/mol. The van der Waals surface area contributed by atoms with E-state index in [0.29, 0.717) is 6.54 Å². The fourth-order valence-electron chi connectivity index (χ4n) is 1.78. The quantitative estimate of drug-likeness (QED) is 0.630. The zero-order valence-electron chi connectivity index (χ0n) is 10.5. The third-order valence-corrected chi connectivity index (χ3v) is 3.70. The Morgan fingerprint density at radius 3 is 2.70 bits per heavy atom. The van der Waals surface area contributed by atoms with Crippen molar-refractivity contribution in [3.8, 4) is 0 Å². The highest BCUT2D eigenvalue weighted by Gasteiger charge is 2.10. The number of amides is 1. The maximum atomic E-state index is 11.0. The number of carbonyl (C=O) groups excluding carboxylic acids is 1. The van der Waals surface area contributed by atoms with E-state index in [1.54, 1.807) is 6.07 Å². The first-order valence-electron chi connectivity index (χ1n) is 5.89. The summed E-state index contributed by atoms with van der Waals surface area (Å²) >= 11 is 1.13. The summed E-state index contributed by atoms with van der Waals surface area (Å²) in [4.78, 5) is 22.0. The van der Waals surface area contributed by atoms with Gasteiger partial charge in [-0.05, 0) is 17.7 Å². The molecule has 2 aromatic rings. The van der Waals surface area contributed by atoms with Gasteiger partial charge in [0.1, 0.15) is 0 Å². The lowest BCUT2D eigenvalue weighted by Crippen LogP contribution is -2.15. The van der Waals surface area contributed by atoms with Crippen LogP contribution in [0.2, 0.25) is 0 Å². The fourth-order valence-corrected chi connectivity index (χ4v) is 2.54. The highest BCUT2D eigenvalue weighted by Crippen LogP contribution is 2.25. The number of nitrogens with zero attached hydrogens (tertiary/aromatic N) is 1. The van der Waals surface area contributed by atoms with Crippen molar-refractivity contribution in [2.75, 3.05) is 5.32 Å². The van der Waals surface area contributed by atoms with Crippen molar-refractivity contribution in [1.82, 2.24) is 0 Å². The molecule has 20 heavy (non-hydrogen) atoms. The van der Waals surface area contributed by atoms with E-state index in [-0.39, 0.29) is 11.4 Å². The second kappa shape index (κ2) is 6.16. The Morgan fingerprint density at radius 1 is 1.30 bits per heavy atom. The Morgan fingerprint density at radius 2 is 2.05 bits per heavy atom. The summed E-state index contributed by atoms with van der Waals surface area (Å²) in [5.41, 5.74) is 6.82. The van der Waals surface area contributed by atoms with Crippen LogP contribution in [0.15, 0.2) is 36.4 Å². The molecule has 0 saturated carbocycles. The third kappa shape index (κ3) is 3.55. The van der Waals surface area contributed by atoms with Crippen LogP contribution < -0.4 is 11.1 Å². The van der Waals surface area contributed by atoms with Gasteiger partial charge in [0.15, 0.2) is 0 Å². The van der Waals surface area contributed by atoms with E-state index in [4.69, 9.17) is 5.73 Å². The number of nitro groups is 1. The minimum Gasteiger partial charge on any atom is -0.380 e. The molecule has 1 aromatic heterocycles. The maximum absolute atomic E-state index is 11.0. The van der Waals surface area contributed by atoms with Crippen molar-refractivity contribution in [2.45, 2.75) is 13.0 Å². The molecule has 0 unspecified atom stereocenters. The average Bonchev–Trinajstić information content (AvgIpc) is 2.86. The zero-order chi connectivity index (χ0) is 14.5. The number of nitrogens with two attached hydrogens (primary N) is 1. The molecule has 0 spiro atoms. The van der Waals surface area contributed by atoms with Crippen molar-refractivity contribution in [3.63, 3.8) is 0 Å². The number of hydrogen-bond donors (Lipinski definition) is 2. The van der Waals surface area contributed by atoms with E-state index in [2.05, 4.69) is 5.32 Å². The van der Waals surface area contributed by atoms with Crippen LogP contribution in [0, 0.1) is 10.1 Å². The number of carbonyl (C=O) groups is 1. The molecule has 1 heterocycles. The van der Waals surface area contributed by atoms with Gasteiger partial charge in [0, 0.05) is 23.2 Å². The Hall–Kier alpha value is -2.41. The number of primary amides is 1. The number of thiophene rings is 1. The second-order valence-corrected chi connectivity index (χ2v) is 5.30. The first kappa shape index (κ1) is 14.0. The molecule has 0 aliphatic carbocycles. The van der Waals surface area contributed by atoms with Gasteiger partial charge in [-0.25, -0.2) is 0 Å². The number of para-hydroxylation sites is 1. The van der Waals surface area contributed by atoms with Gasteiger partial charge in [0.2, 0.25) is 5.91 Å². The summed E-state index contributed by atoms with van der Waals surface area (Å²) in [5, 5.41) is 13.9. The fraction of sp³-hybridized carbons (Fsp3) is 0.154. The van der Waals surface area contributed by atoms with E-state index >= 15 is 0 Å². The van der Waals surface area contributed by atoms with Crippen LogP contribution in [-0.4, -0.2) is 10.8 Å². The van der Waals surface area contributed by atoms with Gasteiger partial charge < -0.3 is 11.1 Å². The molecule has 1 amide bonds. The van der Waals surface area contributed by atoms with Gasteiger partial charge in [-0.15, -0.1) is 0 Å². The molecule has 1 aromatic carbocycles. The molecule has 6 nitrogen and oxygen atoms in total. The first-order chi connectivity index (χ1) is 9.56.